The molecule has 2 aromatic rings. The number of alkyl carbamates (subject to hydrolysis) is 1. The van der Waals surface area contributed by atoms with Gasteiger partial charge in [-0.25, -0.2) is 4.79 Å². The van der Waals surface area contributed by atoms with Crippen molar-refractivity contribution in [2.24, 2.45) is 5.92 Å². The lowest BCUT2D eigenvalue weighted by Gasteiger charge is -2.42. The summed E-state index contributed by atoms with van der Waals surface area (Å²) in [6.07, 6.45) is 1.35. The van der Waals surface area contributed by atoms with Gasteiger partial charge in [0.2, 0.25) is 5.91 Å². The van der Waals surface area contributed by atoms with Gasteiger partial charge in [0.15, 0.2) is 0 Å². The highest BCUT2D eigenvalue weighted by Gasteiger charge is 2.42. The summed E-state index contributed by atoms with van der Waals surface area (Å²) in [5.41, 5.74) is 3.80. The quantitative estimate of drug-likeness (QED) is 0.563. The Bertz CT molecular complexity index is 1010. The van der Waals surface area contributed by atoms with Crippen molar-refractivity contribution in [1.29, 1.82) is 0 Å². The first-order valence-electron chi connectivity index (χ1n) is 11.4. The maximum absolute atomic E-state index is 12.9. The monoisotopic (exact) mass is 450 g/mol. The molecule has 0 aliphatic heterocycles. The smallest absolute Gasteiger partial charge is 0.407 e. The average molecular weight is 451 g/mol. The van der Waals surface area contributed by atoms with Gasteiger partial charge in [-0.15, -0.1) is 0 Å². The lowest BCUT2D eigenvalue weighted by molar-refractivity contribution is -0.140. The van der Waals surface area contributed by atoms with Crippen LogP contribution in [0.3, 0.4) is 0 Å². The van der Waals surface area contributed by atoms with Gasteiger partial charge in [-0.3, -0.25) is 9.59 Å². The number of aliphatic carboxylic acids is 1. The van der Waals surface area contributed by atoms with E-state index in [1.54, 1.807) is 0 Å². The number of benzene rings is 2. The van der Waals surface area contributed by atoms with Gasteiger partial charge in [0.1, 0.15) is 12.6 Å². The zero-order valence-electron chi connectivity index (χ0n) is 19.0. The summed E-state index contributed by atoms with van der Waals surface area (Å²) in [6.45, 7) is 3.83. The average Bonchev–Trinajstić information content (AvgIpc) is 3.07. The second-order valence-electron chi connectivity index (χ2n) is 9.39. The summed E-state index contributed by atoms with van der Waals surface area (Å²) >= 11 is 0. The first-order valence-corrected chi connectivity index (χ1v) is 11.4. The van der Waals surface area contributed by atoms with Crippen LogP contribution in [0.25, 0.3) is 11.1 Å². The van der Waals surface area contributed by atoms with Crippen LogP contribution >= 0.6 is 0 Å². The zero-order chi connectivity index (χ0) is 23.6. The van der Waals surface area contributed by atoms with Crippen molar-refractivity contribution in [3.63, 3.8) is 0 Å². The van der Waals surface area contributed by atoms with E-state index in [4.69, 9.17) is 4.74 Å². The van der Waals surface area contributed by atoms with Crippen molar-refractivity contribution in [2.45, 2.75) is 57.0 Å². The molecule has 4 rings (SSSR count). The molecule has 1 unspecified atom stereocenters. The van der Waals surface area contributed by atoms with Gasteiger partial charge in [0.05, 0.1) is 12.0 Å². The third-order valence-corrected chi connectivity index (χ3v) is 6.75. The Morgan fingerprint density at radius 3 is 2.09 bits per heavy atom. The maximum Gasteiger partial charge on any atom is 0.407 e. The zero-order valence-corrected chi connectivity index (χ0v) is 19.0. The van der Waals surface area contributed by atoms with Gasteiger partial charge >= 0.3 is 12.1 Å². The number of carbonyl (C=O) groups is 3. The van der Waals surface area contributed by atoms with Crippen molar-refractivity contribution < 1.29 is 24.2 Å². The molecule has 7 nitrogen and oxygen atoms in total. The van der Waals surface area contributed by atoms with Crippen LogP contribution in [0.5, 0.6) is 0 Å². The third kappa shape index (κ3) is 4.72. The maximum atomic E-state index is 12.9. The van der Waals surface area contributed by atoms with Crippen LogP contribution in [-0.2, 0) is 14.3 Å². The summed E-state index contributed by atoms with van der Waals surface area (Å²) in [4.78, 5) is 36.8. The Morgan fingerprint density at radius 2 is 1.61 bits per heavy atom. The molecule has 0 saturated heterocycles. The molecular weight excluding hydrogens is 420 g/mol. The number of ether oxygens (including phenoxy) is 1. The fourth-order valence-corrected chi connectivity index (χ4v) is 4.88. The number of carboxylic acid groups (broad SMARTS) is 1. The number of hydrogen-bond acceptors (Lipinski definition) is 4. The van der Waals surface area contributed by atoms with E-state index in [1.165, 1.54) is 0 Å². The molecule has 2 amide bonds. The fourth-order valence-electron chi connectivity index (χ4n) is 4.88. The Hall–Kier alpha value is -3.35. The molecule has 0 heterocycles. The molecule has 2 aliphatic carbocycles. The van der Waals surface area contributed by atoms with E-state index >= 15 is 0 Å². The number of nitrogens with one attached hydrogen (secondary N) is 2. The predicted molar refractivity (Wildman–Crippen MR) is 124 cm³/mol. The van der Waals surface area contributed by atoms with Gasteiger partial charge in [0.25, 0.3) is 0 Å². The molecule has 3 N–H and O–H groups in total. The van der Waals surface area contributed by atoms with Crippen LogP contribution in [0.4, 0.5) is 4.79 Å². The predicted octanol–water partition coefficient (Wildman–Crippen LogP) is 4.06. The molecule has 0 bridgehead atoms. The number of carbonyl (C=O) groups excluding carboxylic acids is 2. The molecule has 2 aliphatic rings. The first-order chi connectivity index (χ1) is 15.8. The van der Waals surface area contributed by atoms with Crippen LogP contribution in [0, 0.1) is 5.92 Å². The van der Waals surface area contributed by atoms with E-state index in [9.17, 15) is 19.5 Å². The standard InChI is InChI=1S/C26H30N2O5/c1-16(2)23(24(31)28-26(12-7-13-26)14-22(29)30)27-25(32)33-15-21-19-10-5-3-8-17(19)18-9-4-6-11-20(18)21/h3-6,8-11,16,21,23H,7,12-15H2,1-2H3,(H,27,32)(H,28,31)(H,29,30). The molecule has 1 fully saturated rings. The summed E-state index contributed by atoms with van der Waals surface area (Å²) in [7, 11) is 0. The summed E-state index contributed by atoms with van der Waals surface area (Å²) in [6, 6.07) is 15.4. The van der Waals surface area contributed by atoms with E-state index in [2.05, 4.69) is 22.8 Å². The van der Waals surface area contributed by atoms with Crippen molar-refractivity contribution in [1.82, 2.24) is 10.6 Å². The van der Waals surface area contributed by atoms with E-state index < -0.39 is 23.6 Å². The van der Waals surface area contributed by atoms with E-state index in [-0.39, 0.29) is 30.8 Å². The number of hydrogen-bond donors (Lipinski definition) is 3. The minimum atomic E-state index is -0.944. The van der Waals surface area contributed by atoms with Crippen LogP contribution in [0.1, 0.15) is 56.6 Å². The molecule has 174 valence electrons. The lowest BCUT2D eigenvalue weighted by Crippen LogP contribution is -2.60. The Labute approximate surface area is 193 Å². The number of amides is 2. The SMILES string of the molecule is CC(C)C(NC(=O)OCC1c2ccccc2-c2ccccc21)C(=O)NC1(CC(=O)O)CCC1. The normalized spacial score (nSPS) is 16.8. The van der Waals surface area contributed by atoms with Gasteiger partial charge < -0.3 is 20.5 Å². The van der Waals surface area contributed by atoms with Crippen molar-refractivity contribution >= 4 is 18.0 Å². The van der Waals surface area contributed by atoms with E-state index in [0.29, 0.717) is 12.8 Å². The molecule has 0 spiro atoms. The Morgan fingerprint density at radius 1 is 1.03 bits per heavy atom. The molecule has 7 heteroatoms. The number of carboxylic acids is 1. The first kappa shape index (κ1) is 22.8. The minimum absolute atomic E-state index is 0.0664. The minimum Gasteiger partial charge on any atom is -0.481 e. The lowest BCUT2D eigenvalue weighted by atomic mass is 9.74. The number of rotatable bonds is 8. The van der Waals surface area contributed by atoms with E-state index in [1.807, 2.05) is 50.2 Å². The second-order valence-corrected chi connectivity index (χ2v) is 9.39. The molecule has 1 atom stereocenters. The molecule has 0 radical (unpaired) electrons. The van der Waals surface area contributed by atoms with Crippen LogP contribution in [0.2, 0.25) is 0 Å². The van der Waals surface area contributed by atoms with Gasteiger partial charge in [0, 0.05) is 5.92 Å². The largest absolute Gasteiger partial charge is 0.481 e. The van der Waals surface area contributed by atoms with Crippen LogP contribution in [0.15, 0.2) is 48.5 Å². The summed E-state index contributed by atoms with van der Waals surface area (Å²) in [5, 5.41) is 14.8. The molecule has 1 saturated carbocycles. The second kappa shape index (κ2) is 9.25. The van der Waals surface area contributed by atoms with Gasteiger partial charge in [-0.2, -0.15) is 0 Å². The highest BCUT2D eigenvalue weighted by Crippen LogP contribution is 2.44. The van der Waals surface area contributed by atoms with Crippen LogP contribution in [-0.4, -0.2) is 41.3 Å². The van der Waals surface area contributed by atoms with Crippen molar-refractivity contribution in [3.8, 4) is 11.1 Å². The Balaban J connectivity index is 1.40. The highest BCUT2D eigenvalue weighted by molar-refractivity contribution is 5.87. The van der Waals surface area contributed by atoms with Gasteiger partial charge in [-0.1, -0.05) is 62.4 Å². The molecule has 33 heavy (non-hydrogen) atoms. The molecular formula is C26H30N2O5. The summed E-state index contributed by atoms with van der Waals surface area (Å²) in [5.74, 6) is -1.57. The van der Waals surface area contributed by atoms with Crippen molar-refractivity contribution in [3.05, 3.63) is 59.7 Å². The van der Waals surface area contributed by atoms with Gasteiger partial charge in [-0.05, 0) is 47.4 Å². The topological polar surface area (TPSA) is 105 Å². The molecule has 2 aromatic carbocycles. The fraction of sp³-hybridized carbons (Fsp3) is 0.423. The van der Waals surface area contributed by atoms with Crippen molar-refractivity contribution in [2.75, 3.05) is 6.61 Å². The third-order valence-electron chi connectivity index (χ3n) is 6.75. The highest BCUT2D eigenvalue weighted by atomic mass is 16.5. The summed E-state index contributed by atoms with van der Waals surface area (Å²) < 4.78 is 5.58. The van der Waals surface area contributed by atoms with Crippen LogP contribution < -0.4 is 10.6 Å². The Kier molecular flexibility index (Phi) is 6.40. The number of fused-ring (bicyclic) bond motifs is 3. The molecule has 0 aromatic heterocycles. The van der Waals surface area contributed by atoms with E-state index in [0.717, 1.165) is 28.7 Å².